The molecule has 2 N–H and O–H groups in total. The summed E-state index contributed by atoms with van der Waals surface area (Å²) in [6.07, 6.45) is 0. The number of nitrogens with one attached hydrogen (secondary N) is 2. The van der Waals surface area contributed by atoms with Gasteiger partial charge in [-0.25, -0.2) is 39.9 Å². The number of nitrogens with zero attached hydrogens (tertiary/aromatic N) is 14. The van der Waals surface area contributed by atoms with Crippen LogP contribution in [0.4, 0.5) is 0 Å². The van der Waals surface area contributed by atoms with Crippen LogP contribution in [0.25, 0.3) is 179 Å². The van der Waals surface area contributed by atoms with Crippen molar-refractivity contribution in [3.05, 3.63) is 576 Å². The van der Waals surface area contributed by atoms with Gasteiger partial charge in [0.1, 0.15) is 22.6 Å². The van der Waals surface area contributed by atoms with Crippen molar-refractivity contribution in [3.8, 4) is 89.0 Å². The molecule has 146 heavy (non-hydrogen) atoms. The zero-order valence-electron chi connectivity index (χ0n) is 78.2. The summed E-state index contributed by atoms with van der Waals surface area (Å²) in [4.78, 5) is 85.4. The molecule has 16 bridgehead atoms. The fraction of sp³-hybridized carbons (Fsp3) is 0. The molecule has 4 aliphatic rings. The molecule has 16 aromatic carbocycles. The molecule has 0 saturated carbocycles. The van der Waals surface area contributed by atoms with Crippen LogP contribution in [0.1, 0.15) is 91.1 Å². The third-order valence-electron chi connectivity index (χ3n) is 26.1. The standard InChI is InChI=1S/C64H42N8.C64H40N8.2Mn/c2*1-9-25-41(26-10-1)49-50(42-27-11-2-12-28-42)58-65-57(49)69-59-51(43-29-13-3-14-30-43)52(44-31-15-4-16-32-44)61(66-59)71-63-55(47-37-21-7-22-38-47)56(48-39-23-8-24-40-48)64(68-63)72-62-54(46-35-19-6-20-36-46)53(60(67-62)70-58)45-33-17-5-18-34-45;;/h1-40H,(H2,65,66,67,68,69,70,71,72);1-40H;;/q;-2;;+2. The van der Waals surface area contributed by atoms with E-state index in [9.17, 15) is 0 Å². The van der Waals surface area contributed by atoms with Crippen molar-refractivity contribution in [3.63, 3.8) is 0 Å². The van der Waals surface area contributed by atoms with Gasteiger partial charge in [-0.3, -0.25) is 0 Å². The summed E-state index contributed by atoms with van der Waals surface area (Å²) in [5.41, 5.74) is 32.7. The van der Waals surface area contributed by atoms with E-state index in [-0.39, 0.29) is 34.1 Å². The Balaban J connectivity index is 0.000000159. The predicted molar refractivity (Wildman–Crippen MR) is 577 cm³/mol. The zero-order chi connectivity index (χ0) is 95.6. The van der Waals surface area contributed by atoms with Crippen molar-refractivity contribution in [1.29, 1.82) is 0 Å². The fourth-order valence-electron chi connectivity index (χ4n) is 19.8. The quantitative estimate of drug-likeness (QED) is 0.0861. The molecule has 18 heteroatoms. The van der Waals surface area contributed by atoms with Crippen molar-refractivity contribution >= 4 is 89.8 Å². The number of aromatic amines is 2. The van der Waals surface area contributed by atoms with Crippen LogP contribution in [0.2, 0.25) is 0 Å². The van der Waals surface area contributed by atoms with E-state index in [0.717, 1.165) is 178 Å². The SMILES string of the molecule is [Mn+2].[Mn].c1ccc(C2=C(c3ccccc3)c3nc2nc2[n-]c(nc4nc(nc5[n-]c(n3)c(-c3ccccc3)c5-c3ccccc3)C(c3ccccc3)=C4c3ccccc3)c(-c3ccccc3)c2-c2ccccc2)cc1.c1ccc(C2=C(c3ccccc3)c3nc2nc2[nH]c(nc4nc(nc5[nH]c(n3)c(-c3ccccc3)c5-c3ccccc3)C(c3ccccc3)=C4c3ccccc3)c(-c3ccccc3)c2-c2ccccc2)cc1. The van der Waals surface area contributed by atoms with Crippen LogP contribution in [0.5, 0.6) is 0 Å². The first-order chi connectivity index (χ1) is 71.5. The molecule has 0 fully saturated rings. The van der Waals surface area contributed by atoms with Crippen LogP contribution < -0.4 is 9.97 Å². The Morgan fingerprint density at radius 3 is 0.363 bits per heavy atom. The van der Waals surface area contributed by atoms with Crippen LogP contribution in [0.3, 0.4) is 0 Å². The van der Waals surface area contributed by atoms with Gasteiger partial charge in [0, 0.05) is 129 Å². The molecule has 688 valence electrons. The molecule has 26 rings (SSSR count). The third kappa shape index (κ3) is 17.4. The first kappa shape index (κ1) is 91.0. The average Bonchev–Trinajstić information content (AvgIpc) is 1.58. The van der Waals surface area contributed by atoms with Crippen molar-refractivity contribution in [2.24, 2.45) is 0 Å². The van der Waals surface area contributed by atoms with Crippen molar-refractivity contribution in [2.75, 3.05) is 0 Å². The van der Waals surface area contributed by atoms with Crippen LogP contribution >= 0.6 is 0 Å². The van der Waals surface area contributed by atoms with E-state index in [1.807, 2.05) is 194 Å². The van der Waals surface area contributed by atoms with Crippen molar-refractivity contribution in [2.45, 2.75) is 0 Å². The number of hydrogen-bond donors (Lipinski definition) is 2. The van der Waals surface area contributed by atoms with E-state index in [2.05, 4.69) is 301 Å². The normalized spacial score (nSPS) is 12.2. The van der Waals surface area contributed by atoms with E-state index in [4.69, 9.17) is 69.8 Å². The summed E-state index contributed by atoms with van der Waals surface area (Å²) in [5.74, 6) is 3.83. The second-order valence-corrected chi connectivity index (χ2v) is 34.9. The number of H-pyrrole nitrogens is 2. The Kier molecular flexibility index (Phi) is 25.2. The maximum Gasteiger partial charge on any atom is 2.00 e. The third-order valence-corrected chi connectivity index (χ3v) is 26.1. The molecule has 0 amide bonds. The summed E-state index contributed by atoms with van der Waals surface area (Å²) < 4.78 is 0. The topological polar surface area (TPSA) is 214 Å². The van der Waals surface area contributed by atoms with Crippen molar-refractivity contribution < 1.29 is 34.1 Å². The van der Waals surface area contributed by atoms with Gasteiger partial charge in [-0.15, -0.1) is 0 Å². The fourth-order valence-corrected chi connectivity index (χ4v) is 19.8. The molecule has 6 aromatic heterocycles. The van der Waals surface area contributed by atoms with Gasteiger partial charge in [-0.05, 0) is 89.0 Å². The van der Waals surface area contributed by atoms with Gasteiger partial charge < -0.3 is 39.9 Å². The van der Waals surface area contributed by atoms with Crippen LogP contribution in [-0.2, 0) is 34.1 Å². The minimum Gasteiger partial charge on any atom is -0.357 e. The van der Waals surface area contributed by atoms with Gasteiger partial charge in [0.25, 0.3) is 0 Å². The molecule has 2 radical (unpaired) electrons. The monoisotopic (exact) mass is 1950 g/mol. The Hall–Kier alpha value is -18.8. The van der Waals surface area contributed by atoms with E-state index in [1.165, 1.54) is 0 Å². The minimum atomic E-state index is 0. The first-order valence-corrected chi connectivity index (χ1v) is 47.8. The average molecular weight is 1950 g/mol. The van der Waals surface area contributed by atoms with E-state index in [0.29, 0.717) is 91.8 Å². The number of hydrogen-bond acceptors (Lipinski definition) is 12. The Morgan fingerprint density at radius 2 is 0.233 bits per heavy atom. The molecule has 0 atom stereocenters. The minimum absolute atomic E-state index is 0. The molecule has 10 heterocycles. The van der Waals surface area contributed by atoms with E-state index < -0.39 is 0 Å². The van der Waals surface area contributed by atoms with Gasteiger partial charge in [0.2, 0.25) is 0 Å². The molecule has 0 unspecified atom stereocenters. The maximum absolute atomic E-state index is 5.65. The number of fused-ring (bicyclic) bond motifs is 16. The summed E-state index contributed by atoms with van der Waals surface area (Å²) in [6, 6.07) is 165. The number of aromatic nitrogens is 16. The smallest absolute Gasteiger partial charge is 0.357 e. The van der Waals surface area contributed by atoms with Gasteiger partial charge >= 0.3 is 17.1 Å². The second kappa shape index (κ2) is 40.4. The zero-order valence-corrected chi connectivity index (χ0v) is 80.6. The van der Waals surface area contributed by atoms with E-state index >= 15 is 0 Å². The Labute approximate surface area is 862 Å². The Morgan fingerprint density at radius 1 is 0.123 bits per heavy atom. The first-order valence-electron chi connectivity index (χ1n) is 47.8. The molecule has 0 spiro atoms. The summed E-state index contributed by atoms with van der Waals surface area (Å²) >= 11 is 0. The van der Waals surface area contributed by atoms with Gasteiger partial charge in [0.05, 0.1) is 23.3 Å². The molecule has 4 aliphatic heterocycles. The molecule has 0 saturated heterocycles. The van der Waals surface area contributed by atoms with Crippen molar-refractivity contribution in [1.82, 2.24) is 79.7 Å². The second-order valence-electron chi connectivity index (χ2n) is 34.9. The summed E-state index contributed by atoms with van der Waals surface area (Å²) in [6.45, 7) is 0. The predicted octanol–water partition coefficient (Wildman–Crippen LogP) is 28.4. The van der Waals surface area contributed by atoms with E-state index in [1.54, 1.807) is 0 Å². The van der Waals surface area contributed by atoms with Gasteiger partial charge in [0.15, 0.2) is 23.3 Å². The van der Waals surface area contributed by atoms with Gasteiger partial charge in [-0.2, -0.15) is 0 Å². The molecule has 22 aromatic rings. The van der Waals surface area contributed by atoms with Crippen LogP contribution in [0.15, 0.2) is 485 Å². The van der Waals surface area contributed by atoms with Gasteiger partial charge in [-0.1, -0.05) is 485 Å². The molecule has 0 aliphatic carbocycles. The molecular formula is C128H82Mn2N16. The maximum atomic E-state index is 5.65. The Bertz CT molecular complexity index is 7550. The molecule has 16 nitrogen and oxygen atoms in total. The number of rotatable bonds is 16. The summed E-state index contributed by atoms with van der Waals surface area (Å²) in [5, 5.41) is 0. The van der Waals surface area contributed by atoms with Crippen LogP contribution in [-0.4, -0.2) is 69.8 Å². The molecular weight excluding hydrogens is 1870 g/mol. The number of benzene rings is 16. The largest absolute Gasteiger partial charge is 2.00 e. The van der Waals surface area contributed by atoms with Crippen LogP contribution in [0, 0.1) is 0 Å². The summed E-state index contributed by atoms with van der Waals surface area (Å²) in [7, 11) is 0.